The van der Waals surface area contributed by atoms with Gasteiger partial charge in [0.2, 0.25) is 10.0 Å². The van der Waals surface area contributed by atoms with E-state index in [2.05, 4.69) is 6.92 Å². The zero-order valence-corrected chi connectivity index (χ0v) is 12.3. The summed E-state index contributed by atoms with van der Waals surface area (Å²) in [5, 5.41) is 0. The Bertz CT molecular complexity index is 366. The van der Waals surface area contributed by atoms with Gasteiger partial charge in [-0.25, -0.2) is 12.7 Å². The first-order valence-electron chi connectivity index (χ1n) is 7.11. The molecule has 18 heavy (non-hydrogen) atoms. The Hall–Kier alpha value is -0.130. The maximum atomic E-state index is 11.8. The number of rotatable bonds is 7. The summed E-state index contributed by atoms with van der Waals surface area (Å²) in [6.45, 7) is 6.38. The summed E-state index contributed by atoms with van der Waals surface area (Å²) in [4.78, 5) is 0. The van der Waals surface area contributed by atoms with E-state index < -0.39 is 10.0 Å². The molecule has 1 heterocycles. The number of unbranched alkanes of at least 4 members (excludes halogenated alkanes) is 1. The van der Waals surface area contributed by atoms with Crippen LogP contribution in [0.15, 0.2) is 0 Å². The summed E-state index contributed by atoms with van der Waals surface area (Å²) in [5.74, 6) is 0.291. The third kappa shape index (κ3) is 2.89. The molecule has 2 fully saturated rings. The van der Waals surface area contributed by atoms with Crippen molar-refractivity contribution in [3.05, 3.63) is 0 Å². The zero-order valence-electron chi connectivity index (χ0n) is 11.5. The molecule has 5 heteroatoms. The lowest BCUT2D eigenvalue weighted by Gasteiger charge is -2.57. The molecule has 1 aliphatic carbocycles. The standard InChI is InChI=1S/C13H25NO3S/c1-3-5-6-17-12-8-13(9-12)10-14(11-13)18(15,16)7-4-2/h12H,3-11H2,1-2H3. The Morgan fingerprint density at radius 1 is 1.22 bits per heavy atom. The van der Waals surface area contributed by atoms with Gasteiger partial charge in [-0.1, -0.05) is 20.3 Å². The molecular formula is C13H25NO3S. The molecule has 0 aromatic heterocycles. The predicted octanol–water partition coefficient (Wildman–Crippen LogP) is 2.01. The number of nitrogens with zero attached hydrogens (tertiary/aromatic N) is 1. The molecule has 0 radical (unpaired) electrons. The Labute approximate surface area is 111 Å². The van der Waals surface area contributed by atoms with E-state index in [0.29, 0.717) is 18.3 Å². The van der Waals surface area contributed by atoms with Crippen LogP contribution in [0.25, 0.3) is 0 Å². The SMILES string of the molecule is CCCCOC1CC2(C1)CN(S(=O)(=O)CCC)C2. The van der Waals surface area contributed by atoms with Crippen molar-refractivity contribution in [2.45, 2.75) is 52.1 Å². The normalized spacial score (nSPS) is 23.9. The van der Waals surface area contributed by atoms with E-state index >= 15 is 0 Å². The Kier molecular flexibility index (Phi) is 4.34. The quantitative estimate of drug-likeness (QED) is 0.668. The van der Waals surface area contributed by atoms with E-state index in [-0.39, 0.29) is 5.41 Å². The number of hydrogen-bond acceptors (Lipinski definition) is 3. The lowest BCUT2D eigenvalue weighted by Crippen LogP contribution is -2.65. The summed E-state index contributed by atoms with van der Waals surface area (Å²) in [5.41, 5.74) is 0.262. The first-order valence-corrected chi connectivity index (χ1v) is 8.72. The lowest BCUT2D eigenvalue weighted by atomic mass is 9.63. The summed E-state index contributed by atoms with van der Waals surface area (Å²) in [6.07, 6.45) is 5.48. The topological polar surface area (TPSA) is 46.6 Å². The monoisotopic (exact) mass is 275 g/mol. The largest absolute Gasteiger partial charge is 0.378 e. The minimum atomic E-state index is -2.97. The van der Waals surface area contributed by atoms with E-state index in [1.165, 1.54) is 6.42 Å². The van der Waals surface area contributed by atoms with Crippen LogP contribution in [0.1, 0.15) is 46.0 Å². The smallest absolute Gasteiger partial charge is 0.214 e. The van der Waals surface area contributed by atoms with Crippen LogP contribution in [0.4, 0.5) is 0 Å². The van der Waals surface area contributed by atoms with Crippen LogP contribution in [0.3, 0.4) is 0 Å². The summed E-state index contributed by atoms with van der Waals surface area (Å²) in [7, 11) is -2.97. The van der Waals surface area contributed by atoms with Gasteiger partial charge in [0.25, 0.3) is 0 Å². The van der Waals surface area contributed by atoms with E-state index in [9.17, 15) is 8.42 Å². The summed E-state index contributed by atoms with van der Waals surface area (Å²) in [6, 6.07) is 0. The first kappa shape index (κ1) is 14.3. The van der Waals surface area contributed by atoms with Crippen molar-refractivity contribution in [1.29, 1.82) is 0 Å². The molecule has 1 spiro atoms. The van der Waals surface area contributed by atoms with Crippen molar-refractivity contribution in [2.24, 2.45) is 5.41 Å². The summed E-state index contributed by atoms with van der Waals surface area (Å²) >= 11 is 0. The first-order chi connectivity index (χ1) is 8.51. The van der Waals surface area contributed by atoms with Crippen LogP contribution >= 0.6 is 0 Å². The van der Waals surface area contributed by atoms with Crippen LogP contribution in [0, 0.1) is 5.41 Å². The second kappa shape index (κ2) is 5.47. The van der Waals surface area contributed by atoms with Crippen LogP contribution in [-0.2, 0) is 14.8 Å². The van der Waals surface area contributed by atoms with Crippen molar-refractivity contribution >= 4 is 10.0 Å². The molecule has 106 valence electrons. The molecule has 1 saturated heterocycles. The fourth-order valence-corrected chi connectivity index (χ4v) is 4.68. The van der Waals surface area contributed by atoms with Crippen molar-refractivity contribution < 1.29 is 13.2 Å². The van der Waals surface area contributed by atoms with Gasteiger partial charge < -0.3 is 4.74 Å². The molecule has 2 rings (SSSR count). The maximum Gasteiger partial charge on any atom is 0.214 e. The molecule has 0 aromatic carbocycles. The van der Waals surface area contributed by atoms with E-state index in [0.717, 1.165) is 39.0 Å². The van der Waals surface area contributed by atoms with Crippen LogP contribution in [0.5, 0.6) is 0 Å². The van der Waals surface area contributed by atoms with Crippen LogP contribution < -0.4 is 0 Å². The van der Waals surface area contributed by atoms with Gasteiger partial charge in [0.05, 0.1) is 11.9 Å². The highest BCUT2D eigenvalue weighted by Crippen LogP contribution is 2.50. The lowest BCUT2D eigenvalue weighted by molar-refractivity contribution is -0.128. The summed E-state index contributed by atoms with van der Waals surface area (Å²) < 4.78 is 31.1. The predicted molar refractivity (Wildman–Crippen MR) is 72.0 cm³/mol. The van der Waals surface area contributed by atoms with Gasteiger partial charge in [-0.2, -0.15) is 0 Å². The second-order valence-electron chi connectivity index (χ2n) is 5.84. The zero-order chi connectivity index (χ0) is 13.2. The molecule has 0 N–H and O–H groups in total. The fraction of sp³-hybridized carbons (Fsp3) is 1.00. The van der Waals surface area contributed by atoms with E-state index in [1.54, 1.807) is 4.31 Å². The van der Waals surface area contributed by atoms with Gasteiger partial charge in [-0.15, -0.1) is 0 Å². The Balaban J connectivity index is 1.68. The van der Waals surface area contributed by atoms with Gasteiger partial charge in [-0.3, -0.25) is 0 Å². The fourth-order valence-electron chi connectivity index (χ4n) is 2.96. The Morgan fingerprint density at radius 2 is 1.89 bits per heavy atom. The minimum absolute atomic E-state index is 0.262. The molecule has 2 aliphatic rings. The van der Waals surface area contributed by atoms with E-state index in [4.69, 9.17) is 4.74 Å². The molecule has 0 unspecified atom stereocenters. The van der Waals surface area contributed by atoms with Gasteiger partial charge in [0.15, 0.2) is 0 Å². The molecule has 0 aromatic rings. The van der Waals surface area contributed by atoms with Gasteiger partial charge in [-0.05, 0) is 25.7 Å². The van der Waals surface area contributed by atoms with Crippen LogP contribution in [0.2, 0.25) is 0 Å². The van der Waals surface area contributed by atoms with Crippen molar-refractivity contribution in [3.63, 3.8) is 0 Å². The average Bonchev–Trinajstić information content (AvgIpc) is 2.17. The van der Waals surface area contributed by atoms with Crippen molar-refractivity contribution in [3.8, 4) is 0 Å². The molecule has 0 bridgehead atoms. The highest BCUT2D eigenvalue weighted by Gasteiger charge is 2.55. The van der Waals surface area contributed by atoms with E-state index in [1.807, 2.05) is 6.92 Å². The highest BCUT2D eigenvalue weighted by molar-refractivity contribution is 7.89. The minimum Gasteiger partial charge on any atom is -0.378 e. The number of hydrogen-bond donors (Lipinski definition) is 0. The molecule has 0 amide bonds. The average molecular weight is 275 g/mol. The van der Waals surface area contributed by atoms with Crippen molar-refractivity contribution in [2.75, 3.05) is 25.4 Å². The Morgan fingerprint density at radius 3 is 2.44 bits per heavy atom. The third-order valence-electron chi connectivity index (χ3n) is 4.05. The molecule has 1 saturated carbocycles. The van der Waals surface area contributed by atoms with Crippen LogP contribution in [-0.4, -0.2) is 44.3 Å². The molecule has 4 nitrogen and oxygen atoms in total. The van der Waals surface area contributed by atoms with Gasteiger partial charge >= 0.3 is 0 Å². The van der Waals surface area contributed by atoms with Gasteiger partial charge in [0, 0.05) is 25.1 Å². The number of sulfonamides is 1. The number of ether oxygens (including phenoxy) is 1. The maximum absolute atomic E-state index is 11.8. The van der Waals surface area contributed by atoms with Gasteiger partial charge in [0.1, 0.15) is 0 Å². The highest BCUT2D eigenvalue weighted by atomic mass is 32.2. The second-order valence-corrected chi connectivity index (χ2v) is 7.93. The van der Waals surface area contributed by atoms with Crippen molar-refractivity contribution in [1.82, 2.24) is 4.31 Å². The molecule has 0 atom stereocenters. The molecule has 1 aliphatic heterocycles. The third-order valence-corrected chi connectivity index (χ3v) is 6.02. The molecular weight excluding hydrogens is 250 g/mol.